The minimum absolute atomic E-state index is 0.0875. The van der Waals surface area contributed by atoms with Crippen molar-refractivity contribution in [1.29, 1.82) is 0 Å². The molecule has 0 aliphatic carbocycles. The van der Waals surface area contributed by atoms with Gasteiger partial charge in [-0.2, -0.15) is 0 Å². The molecule has 6 heteroatoms. The average Bonchev–Trinajstić information content (AvgIpc) is 2.46. The Balaban J connectivity index is 1.96. The highest BCUT2D eigenvalue weighted by molar-refractivity contribution is 7.89. The van der Waals surface area contributed by atoms with Gasteiger partial charge in [0, 0.05) is 19.8 Å². The third-order valence-corrected chi connectivity index (χ3v) is 4.76. The summed E-state index contributed by atoms with van der Waals surface area (Å²) in [4.78, 5) is 0.233. The van der Waals surface area contributed by atoms with Crippen molar-refractivity contribution >= 4 is 10.0 Å². The van der Waals surface area contributed by atoms with E-state index in [0.29, 0.717) is 31.2 Å². The number of nitrogens with one attached hydrogen (secondary N) is 1. The highest BCUT2D eigenvalue weighted by Gasteiger charge is 2.18. The molecule has 2 N–H and O–H groups in total. The molecule has 0 aromatic heterocycles. The standard InChI is InChI=1S/C13H19NO4S/c15-10-12-1-3-13(4-2-12)19(16,17)14-9-11-5-7-18-8-6-11/h1-4,11,14-15H,5-10H2. The Bertz CT molecular complexity index is 492. The van der Waals surface area contributed by atoms with Gasteiger partial charge in [0.05, 0.1) is 11.5 Å². The lowest BCUT2D eigenvalue weighted by atomic mass is 10.0. The summed E-state index contributed by atoms with van der Waals surface area (Å²) in [5.74, 6) is 0.347. The third-order valence-electron chi connectivity index (χ3n) is 3.32. The summed E-state index contributed by atoms with van der Waals surface area (Å²) in [6.07, 6.45) is 1.79. The maximum absolute atomic E-state index is 12.1. The van der Waals surface area contributed by atoms with E-state index in [1.54, 1.807) is 12.1 Å². The summed E-state index contributed by atoms with van der Waals surface area (Å²) >= 11 is 0. The van der Waals surface area contributed by atoms with Crippen molar-refractivity contribution in [3.63, 3.8) is 0 Å². The number of aliphatic hydroxyl groups is 1. The van der Waals surface area contributed by atoms with Crippen molar-refractivity contribution in [1.82, 2.24) is 4.72 Å². The van der Waals surface area contributed by atoms with Gasteiger partial charge >= 0.3 is 0 Å². The number of hydrogen-bond donors (Lipinski definition) is 2. The minimum Gasteiger partial charge on any atom is -0.392 e. The molecule has 1 aliphatic rings. The van der Waals surface area contributed by atoms with Gasteiger partial charge in [-0.05, 0) is 36.5 Å². The van der Waals surface area contributed by atoms with E-state index in [-0.39, 0.29) is 11.5 Å². The molecule has 1 aromatic rings. The van der Waals surface area contributed by atoms with E-state index in [9.17, 15) is 8.42 Å². The molecule has 1 aromatic carbocycles. The fraction of sp³-hybridized carbons (Fsp3) is 0.538. The van der Waals surface area contributed by atoms with Crippen LogP contribution in [-0.4, -0.2) is 33.3 Å². The van der Waals surface area contributed by atoms with Crippen molar-refractivity contribution in [3.8, 4) is 0 Å². The van der Waals surface area contributed by atoms with Crippen LogP contribution in [0.2, 0.25) is 0 Å². The summed E-state index contributed by atoms with van der Waals surface area (Å²) in [5.41, 5.74) is 0.698. The molecular formula is C13H19NO4S. The van der Waals surface area contributed by atoms with Crippen LogP contribution in [0.3, 0.4) is 0 Å². The SMILES string of the molecule is O=S(=O)(NCC1CCOCC1)c1ccc(CO)cc1. The Kier molecular flexibility index (Phi) is 4.93. The highest BCUT2D eigenvalue weighted by atomic mass is 32.2. The molecule has 0 atom stereocenters. The molecule has 0 amide bonds. The second-order valence-electron chi connectivity index (χ2n) is 4.71. The normalized spacial score (nSPS) is 17.5. The van der Waals surface area contributed by atoms with Crippen LogP contribution in [0.25, 0.3) is 0 Å². The fourth-order valence-electron chi connectivity index (χ4n) is 2.04. The monoisotopic (exact) mass is 285 g/mol. The number of hydrogen-bond acceptors (Lipinski definition) is 4. The summed E-state index contributed by atoms with van der Waals surface area (Å²) < 4.78 is 32.0. The van der Waals surface area contributed by atoms with Crippen molar-refractivity contribution in [2.75, 3.05) is 19.8 Å². The van der Waals surface area contributed by atoms with Gasteiger partial charge in [0.25, 0.3) is 0 Å². The van der Waals surface area contributed by atoms with Crippen molar-refractivity contribution in [2.45, 2.75) is 24.3 Å². The lowest BCUT2D eigenvalue weighted by Crippen LogP contribution is -2.32. The molecule has 0 saturated carbocycles. The first-order valence-electron chi connectivity index (χ1n) is 6.39. The van der Waals surface area contributed by atoms with E-state index in [1.165, 1.54) is 12.1 Å². The number of rotatable bonds is 5. The second-order valence-corrected chi connectivity index (χ2v) is 6.48. The van der Waals surface area contributed by atoms with Gasteiger partial charge in [-0.15, -0.1) is 0 Å². The van der Waals surface area contributed by atoms with Gasteiger partial charge < -0.3 is 9.84 Å². The molecule has 0 radical (unpaired) electrons. The Morgan fingerprint density at radius 2 is 1.84 bits per heavy atom. The zero-order valence-corrected chi connectivity index (χ0v) is 11.5. The molecule has 1 heterocycles. The lowest BCUT2D eigenvalue weighted by Gasteiger charge is -2.22. The van der Waals surface area contributed by atoms with E-state index in [4.69, 9.17) is 9.84 Å². The largest absolute Gasteiger partial charge is 0.392 e. The third kappa shape index (κ3) is 4.01. The maximum atomic E-state index is 12.1. The number of benzene rings is 1. The molecule has 5 nitrogen and oxygen atoms in total. The molecule has 0 spiro atoms. The van der Waals surface area contributed by atoms with Gasteiger partial charge in [0.2, 0.25) is 10.0 Å². The van der Waals surface area contributed by atoms with E-state index in [2.05, 4.69) is 4.72 Å². The van der Waals surface area contributed by atoms with Gasteiger partial charge in [-0.1, -0.05) is 12.1 Å². The van der Waals surface area contributed by atoms with Crippen LogP contribution in [0.1, 0.15) is 18.4 Å². The highest BCUT2D eigenvalue weighted by Crippen LogP contribution is 2.15. The summed E-state index contributed by atoms with van der Waals surface area (Å²) in [6.45, 7) is 1.78. The molecule has 19 heavy (non-hydrogen) atoms. The molecular weight excluding hydrogens is 266 g/mol. The van der Waals surface area contributed by atoms with E-state index in [0.717, 1.165) is 12.8 Å². The van der Waals surface area contributed by atoms with Crippen LogP contribution >= 0.6 is 0 Å². The Morgan fingerprint density at radius 3 is 2.42 bits per heavy atom. The summed E-state index contributed by atoms with van der Waals surface area (Å²) in [6, 6.07) is 6.25. The first-order chi connectivity index (χ1) is 9.12. The maximum Gasteiger partial charge on any atom is 0.240 e. The molecule has 2 rings (SSSR count). The second kappa shape index (κ2) is 6.47. The zero-order chi connectivity index (χ0) is 13.7. The molecule has 1 fully saturated rings. The van der Waals surface area contributed by atoms with Crippen molar-refractivity contribution in [2.24, 2.45) is 5.92 Å². The fourth-order valence-corrected chi connectivity index (χ4v) is 3.15. The van der Waals surface area contributed by atoms with Crippen molar-refractivity contribution < 1.29 is 18.3 Å². The van der Waals surface area contributed by atoms with E-state index >= 15 is 0 Å². The first-order valence-corrected chi connectivity index (χ1v) is 7.87. The van der Waals surface area contributed by atoms with Crippen LogP contribution in [0.4, 0.5) is 0 Å². The summed E-state index contributed by atoms with van der Waals surface area (Å²) in [5, 5.41) is 8.93. The van der Waals surface area contributed by atoms with Gasteiger partial charge in [0.1, 0.15) is 0 Å². The number of sulfonamides is 1. The van der Waals surface area contributed by atoms with Crippen LogP contribution in [0.5, 0.6) is 0 Å². The predicted octanol–water partition coefficient (Wildman–Crippen LogP) is 0.884. The minimum atomic E-state index is -3.46. The Morgan fingerprint density at radius 1 is 1.21 bits per heavy atom. The van der Waals surface area contributed by atoms with Gasteiger partial charge in [0.15, 0.2) is 0 Å². The van der Waals surface area contributed by atoms with Crippen molar-refractivity contribution in [3.05, 3.63) is 29.8 Å². The first kappa shape index (κ1) is 14.5. The topological polar surface area (TPSA) is 75.6 Å². The average molecular weight is 285 g/mol. The van der Waals surface area contributed by atoms with Gasteiger partial charge in [-0.3, -0.25) is 0 Å². The molecule has 106 valence electrons. The number of aliphatic hydroxyl groups excluding tert-OH is 1. The van der Waals surface area contributed by atoms with Crippen LogP contribution in [0, 0.1) is 5.92 Å². The molecule has 0 unspecified atom stereocenters. The lowest BCUT2D eigenvalue weighted by molar-refractivity contribution is 0.0678. The quantitative estimate of drug-likeness (QED) is 0.842. The Labute approximate surface area is 113 Å². The zero-order valence-electron chi connectivity index (χ0n) is 10.7. The Hall–Kier alpha value is -0.950. The predicted molar refractivity (Wildman–Crippen MR) is 71.1 cm³/mol. The molecule has 1 aliphatic heterocycles. The van der Waals surface area contributed by atoms with Crippen LogP contribution < -0.4 is 4.72 Å². The van der Waals surface area contributed by atoms with E-state index < -0.39 is 10.0 Å². The number of ether oxygens (including phenoxy) is 1. The van der Waals surface area contributed by atoms with Crippen LogP contribution in [-0.2, 0) is 21.4 Å². The van der Waals surface area contributed by atoms with Gasteiger partial charge in [-0.25, -0.2) is 13.1 Å². The smallest absolute Gasteiger partial charge is 0.240 e. The summed E-state index contributed by atoms with van der Waals surface area (Å²) in [7, 11) is -3.46. The molecule has 0 bridgehead atoms. The van der Waals surface area contributed by atoms with E-state index in [1.807, 2.05) is 0 Å². The van der Waals surface area contributed by atoms with Crippen LogP contribution in [0.15, 0.2) is 29.2 Å². The molecule has 1 saturated heterocycles.